The Morgan fingerprint density at radius 3 is 2.23 bits per heavy atom. The van der Waals surface area contributed by atoms with E-state index in [1.54, 1.807) is 0 Å². The van der Waals surface area contributed by atoms with E-state index in [-0.39, 0.29) is 12.5 Å². The van der Waals surface area contributed by atoms with Gasteiger partial charge in [0.05, 0.1) is 0 Å². The number of aliphatic hydroxyl groups is 1. The lowest BCUT2D eigenvalue weighted by Crippen LogP contribution is -2.39. The summed E-state index contributed by atoms with van der Waals surface area (Å²) in [5.74, 6) is 0.272. The van der Waals surface area contributed by atoms with Gasteiger partial charge in [-0.05, 0) is 24.3 Å². The van der Waals surface area contributed by atoms with Crippen LogP contribution in [0.25, 0.3) is 0 Å². The first-order chi connectivity index (χ1) is 10.3. The third kappa shape index (κ3) is 6.80. The van der Waals surface area contributed by atoms with Gasteiger partial charge >= 0.3 is 12.2 Å². The second-order valence-corrected chi connectivity index (χ2v) is 5.13. The van der Waals surface area contributed by atoms with E-state index >= 15 is 0 Å². The summed E-state index contributed by atoms with van der Waals surface area (Å²) in [5.41, 5.74) is 1.16. The number of carbonyl (C=O) groups excluding carboxylic acids is 1. The molecule has 0 saturated heterocycles. The molecule has 0 aliphatic heterocycles. The summed E-state index contributed by atoms with van der Waals surface area (Å²) in [4.78, 5) is 11.4. The van der Waals surface area contributed by atoms with Crippen LogP contribution in [0.4, 0.5) is 18.0 Å². The lowest BCUT2D eigenvalue weighted by Gasteiger charge is -2.15. The predicted octanol–water partition coefficient (Wildman–Crippen LogP) is 2.79. The van der Waals surface area contributed by atoms with Crippen LogP contribution >= 0.6 is 0 Å². The Hall–Kier alpha value is -1.76. The molecule has 0 unspecified atom stereocenters. The average Bonchev–Trinajstić information content (AvgIpc) is 2.47. The number of benzene rings is 1. The number of aliphatic hydroxyl groups excluding tert-OH is 1. The van der Waals surface area contributed by atoms with E-state index < -0.39 is 24.7 Å². The predicted molar refractivity (Wildman–Crippen MR) is 77.6 cm³/mol. The van der Waals surface area contributed by atoms with Gasteiger partial charge in [-0.2, -0.15) is 13.2 Å². The molecule has 0 saturated carbocycles. The highest BCUT2D eigenvalue weighted by Crippen LogP contribution is 2.21. The number of nitrogens with one attached hydrogen (secondary N) is 2. The SMILES string of the molecule is C[C@@H](CCNC(=O)NCC[C@H](O)C(F)(F)F)c1ccccc1. The van der Waals surface area contributed by atoms with Gasteiger partial charge in [0.15, 0.2) is 6.10 Å². The fourth-order valence-electron chi connectivity index (χ4n) is 1.90. The summed E-state index contributed by atoms with van der Waals surface area (Å²) >= 11 is 0. The van der Waals surface area contributed by atoms with E-state index in [4.69, 9.17) is 5.11 Å². The molecule has 7 heteroatoms. The zero-order valence-electron chi connectivity index (χ0n) is 12.4. The molecule has 124 valence electrons. The third-order valence-electron chi connectivity index (χ3n) is 3.31. The second kappa shape index (κ2) is 8.63. The zero-order chi connectivity index (χ0) is 16.6. The van der Waals surface area contributed by atoms with Crippen LogP contribution in [0.2, 0.25) is 0 Å². The third-order valence-corrected chi connectivity index (χ3v) is 3.31. The fraction of sp³-hybridized carbons (Fsp3) is 0.533. The molecule has 2 atom stereocenters. The molecule has 0 heterocycles. The Balaban J connectivity index is 2.16. The summed E-state index contributed by atoms with van der Waals surface area (Å²) in [6.45, 7) is 2.22. The van der Waals surface area contributed by atoms with Gasteiger partial charge in [0.25, 0.3) is 0 Å². The van der Waals surface area contributed by atoms with Crippen molar-refractivity contribution in [2.24, 2.45) is 0 Å². The summed E-state index contributed by atoms with van der Waals surface area (Å²) in [6, 6.07) is 9.29. The van der Waals surface area contributed by atoms with Gasteiger partial charge in [0.2, 0.25) is 0 Å². The molecule has 0 radical (unpaired) electrons. The zero-order valence-corrected chi connectivity index (χ0v) is 12.4. The van der Waals surface area contributed by atoms with Crippen LogP contribution in [-0.2, 0) is 0 Å². The normalized spacial score (nSPS) is 14.2. The van der Waals surface area contributed by atoms with E-state index in [1.807, 2.05) is 37.3 Å². The molecule has 1 aromatic carbocycles. The number of hydrogen-bond acceptors (Lipinski definition) is 2. The maximum absolute atomic E-state index is 12.0. The van der Waals surface area contributed by atoms with Crippen molar-refractivity contribution < 1.29 is 23.1 Å². The highest BCUT2D eigenvalue weighted by atomic mass is 19.4. The monoisotopic (exact) mass is 318 g/mol. The molecule has 0 aliphatic rings. The van der Waals surface area contributed by atoms with E-state index in [1.165, 1.54) is 0 Å². The standard InChI is InChI=1S/C15H21F3N2O2/c1-11(12-5-3-2-4-6-12)7-9-19-14(22)20-10-8-13(21)15(16,17)18/h2-6,11,13,21H,7-10H2,1H3,(H2,19,20,22)/t11-,13-/m0/s1. The van der Waals surface area contributed by atoms with Gasteiger partial charge in [-0.15, -0.1) is 0 Å². The molecule has 3 N–H and O–H groups in total. The molecule has 0 aromatic heterocycles. The highest BCUT2D eigenvalue weighted by Gasteiger charge is 2.37. The number of amides is 2. The van der Waals surface area contributed by atoms with Crippen LogP contribution in [-0.4, -0.2) is 36.5 Å². The van der Waals surface area contributed by atoms with Crippen molar-refractivity contribution in [2.45, 2.75) is 38.0 Å². The lowest BCUT2D eigenvalue weighted by molar-refractivity contribution is -0.204. The van der Waals surface area contributed by atoms with Gasteiger partial charge in [-0.3, -0.25) is 0 Å². The first-order valence-electron chi connectivity index (χ1n) is 7.12. The van der Waals surface area contributed by atoms with E-state index in [2.05, 4.69) is 10.6 Å². The Morgan fingerprint density at radius 2 is 1.68 bits per heavy atom. The van der Waals surface area contributed by atoms with E-state index in [0.29, 0.717) is 6.54 Å². The number of urea groups is 1. The van der Waals surface area contributed by atoms with Gasteiger partial charge < -0.3 is 15.7 Å². The van der Waals surface area contributed by atoms with Gasteiger partial charge in [-0.1, -0.05) is 37.3 Å². The molecule has 0 bridgehead atoms. The molecule has 22 heavy (non-hydrogen) atoms. The molecule has 4 nitrogen and oxygen atoms in total. The average molecular weight is 318 g/mol. The Labute approximate surface area is 127 Å². The lowest BCUT2D eigenvalue weighted by atomic mass is 9.98. The molecule has 0 aliphatic carbocycles. The van der Waals surface area contributed by atoms with Crippen LogP contribution in [0.5, 0.6) is 0 Å². The van der Waals surface area contributed by atoms with Crippen LogP contribution < -0.4 is 10.6 Å². The smallest absolute Gasteiger partial charge is 0.384 e. The first kappa shape index (κ1) is 18.3. The van der Waals surface area contributed by atoms with Crippen molar-refractivity contribution in [3.63, 3.8) is 0 Å². The highest BCUT2D eigenvalue weighted by molar-refractivity contribution is 5.73. The minimum absolute atomic E-state index is 0.235. The summed E-state index contributed by atoms with van der Waals surface area (Å²) < 4.78 is 36.1. The maximum Gasteiger partial charge on any atom is 0.414 e. The van der Waals surface area contributed by atoms with Crippen LogP contribution in [0, 0.1) is 0 Å². The number of carbonyl (C=O) groups is 1. The Morgan fingerprint density at radius 1 is 1.14 bits per heavy atom. The summed E-state index contributed by atoms with van der Waals surface area (Å²) in [5, 5.41) is 13.6. The summed E-state index contributed by atoms with van der Waals surface area (Å²) in [6.07, 6.45) is -6.89. The van der Waals surface area contributed by atoms with Gasteiger partial charge in [-0.25, -0.2) is 4.79 Å². The molecule has 0 fully saturated rings. The minimum Gasteiger partial charge on any atom is -0.384 e. The molecule has 1 rings (SSSR count). The largest absolute Gasteiger partial charge is 0.414 e. The van der Waals surface area contributed by atoms with Gasteiger partial charge in [0, 0.05) is 13.1 Å². The van der Waals surface area contributed by atoms with Crippen molar-refractivity contribution in [3.05, 3.63) is 35.9 Å². The van der Waals surface area contributed by atoms with Crippen molar-refractivity contribution in [3.8, 4) is 0 Å². The van der Waals surface area contributed by atoms with Crippen LogP contribution in [0.3, 0.4) is 0 Å². The van der Waals surface area contributed by atoms with Gasteiger partial charge in [0.1, 0.15) is 0 Å². The van der Waals surface area contributed by atoms with Crippen molar-refractivity contribution in [1.82, 2.24) is 10.6 Å². The maximum atomic E-state index is 12.0. The number of halogens is 3. The number of hydrogen-bond donors (Lipinski definition) is 3. The quantitative estimate of drug-likeness (QED) is 0.724. The fourth-order valence-corrected chi connectivity index (χ4v) is 1.90. The van der Waals surface area contributed by atoms with Crippen LogP contribution in [0.15, 0.2) is 30.3 Å². The van der Waals surface area contributed by atoms with Crippen molar-refractivity contribution in [2.75, 3.05) is 13.1 Å². The first-order valence-corrected chi connectivity index (χ1v) is 7.12. The van der Waals surface area contributed by atoms with Crippen molar-refractivity contribution in [1.29, 1.82) is 0 Å². The molecular formula is C15H21F3N2O2. The Bertz CT molecular complexity index is 452. The Kier molecular flexibility index (Phi) is 7.17. The molecule has 0 spiro atoms. The summed E-state index contributed by atoms with van der Waals surface area (Å²) in [7, 11) is 0. The number of rotatable bonds is 7. The van der Waals surface area contributed by atoms with E-state index in [0.717, 1.165) is 12.0 Å². The molecule has 1 aromatic rings. The van der Waals surface area contributed by atoms with E-state index in [9.17, 15) is 18.0 Å². The number of alkyl halides is 3. The van der Waals surface area contributed by atoms with Crippen molar-refractivity contribution >= 4 is 6.03 Å². The van der Waals surface area contributed by atoms with Crippen LogP contribution in [0.1, 0.15) is 31.2 Å². The second-order valence-electron chi connectivity index (χ2n) is 5.13. The molecule has 2 amide bonds. The topological polar surface area (TPSA) is 61.4 Å². The minimum atomic E-state index is -4.65. The molecular weight excluding hydrogens is 297 g/mol.